The van der Waals surface area contributed by atoms with Gasteiger partial charge in [-0.1, -0.05) is 13.2 Å². The zero-order valence-electron chi connectivity index (χ0n) is 19.5. The molecule has 2 aromatic rings. The van der Waals surface area contributed by atoms with Gasteiger partial charge in [0.05, 0.1) is 30.6 Å². The number of nitrogens with one attached hydrogen (secondary N) is 2. The Morgan fingerprint density at radius 1 is 0.919 bits per heavy atom. The van der Waals surface area contributed by atoms with Crippen molar-refractivity contribution < 1.29 is 41.1 Å². The van der Waals surface area contributed by atoms with E-state index in [9.17, 15) is 37.1 Å². The maximum atomic E-state index is 12.4. The first-order valence-electron chi connectivity index (χ1n) is 10.8. The molecule has 196 valence electrons. The summed E-state index contributed by atoms with van der Waals surface area (Å²) in [4.78, 5) is 57.6. The van der Waals surface area contributed by atoms with Gasteiger partial charge in [0.1, 0.15) is 11.5 Å². The van der Waals surface area contributed by atoms with E-state index in [0.717, 1.165) is 6.07 Å². The van der Waals surface area contributed by atoms with E-state index in [1.54, 1.807) is 6.92 Å². The van der Waals surface area contributed by atoms with E-state index in [4.69, 9.17) is 13.6 Å². The third-order valence-electron chi connectivity index (χ3n) is 5.05. The van der Waals surface area contributed by atoms with Crippen molar-refractivity contribution in [3.8, 4) is 0 Å². The molecule has 4 rings (SSSR count). The Kier molecular flexibility index (Phi) is 7.84. The van der Waals surface area contributed by atoms with Crippen molar-refractivity contribution in [3.63, 3.8) is 0 Å². The fourth-order valence-electron chi connectivity index (χ4n) is 3.77. The highest BCUT2D eigenvalue weighted by molar-refractivity contribution is 6.00. The third-order valence-corrected chi connectivity index (χ3v) is 5.05. The average Bonchev–Trinajstić information content (AvgIpc) is 2.71. The second-order valence-corrected chi connectivity index (χ2v) is 8.02. The highest BCUT2D eigenvalue weighted by Crippen LogP contribution is 2.27. The molecule has 2 amide bonds. The van der Waals surface area contributed by atoms with Gasteiger partial charge >= 0.3 is 23.4 Å². The Bertz CT molecular complexity index is 1420. The summed E-state index contributed by atoms with van der Waals surface area (Å²) in [6, 6.07) is 1.84. The highest BCUT2D eigenvalue weighted by atomic mass is 19.4. The van der Waals surface area contributed by atoms with Gasteiger partial charge in [-0.15, -0.1) is 0 Å². The second-order valence-electron chi connectivity index (χ2n) is 8.02. The van der Waals surface area contributed by atoms with E-state index in [-0.39, 0.29) is 59.8 Å². The summed E-state index contributed by atoms with van der Waals surface area (Å²) in [5.41, 5.74) is -0.836. The van der Waals surface area contributed by atoms with Crippen LogP contribution in [0.1, 0.15) is 50.3 Å². The number of hydrogen-bond acceptors (Lipinski definition) is 8. The van der Waals surface area contributed by atoms with Crippen molar-refractivity contribution in [2.75, 3.05) is 6.61 Å². The Labute approximate surface area is 206 Å². The van der Waals surface area contributed by atoms with Gasteiger partial charge < -0.3 is 24.2 Å². The molecule has 4 heterocycles. The van der Waals surface area contributed by atoms with Gasteiger partial charge in [-0.3, -0.25) is 14.4 Å². The standard InChI is InChI=1S/C13H13NO5.C11H8F3NO3/c1-3-18-10(15)5-8-6-11(16)19-9-4-7(2)14-13(17)12(8)9;1-5-2-7-9(10(17)15-5)6(3-8(16)18-7)4-11(12,13)14/h6H,2-5H2,1H3,(H,14,17);3H,1-2,4H2,(H,15,17). The van der Waals surface area contributed by atoms with Gasteiger partial charge in [0.2, 0.25) is 0 Å². The van der Waals surface area contributed by atoms with Crippen molar-refractivity contribution >= 4 is 17.8 Å². The summed E-state index contributed by atoms with van der Waals surface area (Å²) in [6.07, 6.45) is -5.73. The molecular formula is C24H21F3N2O8. The molecule has 2 aliphatic heterocycles. The van der Waals surface area contributed by atoms with Crippen LogP contribution in [0.15, 0.2) is 55.1 Å². The lowest BCUT2D eigenvalue weighted by Gasteiger charge is -2.19. The quantitative estimate of drug-likeness (QED) is 0.581. The van der Waals surface area contributed by atoms with Gasteiger partial charge in [0.25, 0.3) is 11.8 Å². The number of ether oxygens (including phenoxy) is 1. The number of allylic oxidation sites excluding steroid dienone is 2. The molecule has 13 heteroatoms. The molecule has 0 fully saturated rings. The smallest absolute Gasteiger partial charge is 0.393 e. The highest BCUT2D eigenvalue weighted by Gasteiger charge is 2.33. The SMILES string of the molecule is C=C1Cc2oc(=O)cc(CC(=O)OCC)c2C(=O)N1.C=C1Cc2oc(=O)cc(CC(F)(F)F)c2C(=O)N1. The molecule has 0 spiro atoms. The number of carbonyl (C=O) groups is 3. The van der Waals surface area contributed by atoms with E-state index in [1.165, 1.54) is 0 Å². The summed E-state index contributed by atoms with van der Waals surface area (Å²) in [7, 11) is 0. The Morgan fingerprint density at radius 3 is 1.84 bits per heavy atom. The van der Waals surface area contributed by atoms with Crippen LogP contribution in [0.2, 0.25) is 0 Å². The van der Waals surface area contributed by atoms with Crippen molar-refractivity contribution in [2.24, 2.45) is 0 Å². The molecule has 0 aliphatic carbocycles. The number of halogens is 3. The number of esters is 1. The molecule has 0 radical (unpaired) electrons. The lowest BCUT2D eigenvalue weighted by Crippen LogP contribution is -2.33. The first-order valence-corrected chi connectivity index (χ1v) is 10.8. The van der Waals surface area contributed by atoms with Crippen molar-refractivity contribution in [1.82, 2.24) is 10.6 Å². The van der Waals surface area contributed by atoms with Gasteiger partial charge in [0, 0.05) is 36.4 Å². The fraction of sp³-hybridized carbons (Fsp3) is 0.292. The van der Waals surface area contributed by atoms with Gasteiger partial charge in [0.15, 0.2) is 0 Å². The molecule has 37 heavy (non-hydrogen) atoms. The van der Waals surface area contributed by atoms with E-state index in [0.29, 0.717) is 17.3 Å². The van der Waals surface area contributed by atoms with Gasteiger partial charge in [-0.05, 0) is 18.1 Å². The molecule has 10 nitrogen and oxygen atoms in total. The Balaban J connectivity index is 0.000000206. The maximum absolute atomic E-state index is 12.4. The van der Waals surface area contributed by atoms with Crippen LogP contribution in [0, 0.1) is 0 Å². The fourth-order valence-corrected chi connectivity index (χ4v) is 3.77. The van der Waals surface area contributed by atoms with Crippen LogP contribution in [0.4, 0.5) is 13.2 Å². The minimum Gasteiger partial charge on any atom is -0.466 e. The largest absolute Gasteiger partial charge is 0.466 e. The molecule has 2 aromatic heterocycles. The Morgan fingerprint density at radius 2 is 1.38 bits per heavy atom. The molecule has 2 N–H and O–H groups in total. The average molecular weight is 522 g/mol. The topological polar surface area (TPSA) is 145 Å². The molecule has 0 bridgehead atoms. The monoisotopic (exact) mass is 522 g/mol. The van der Waals surface area contributed by atoms with Crippen LogP contribution in [0.3, 0.4) is 0 Å². The summed E-state index contributed by atoms with van der Waals surface area (Å²) in [5, 5.41) is 4.87. The second kappa shape index (κ2) is 10.7. The number of fused-ring (bicyclic) bond motifs is 2. The minimum absolute atomic E-state index is 0.0159. The zero-order valence-corrected chi connectivity index (χ0v) is 19.5. The molecule has 0 atom stereocenters. The van der Waals surface area contributed by atoms with Gasteiger partial charge in [-0.2, -0.15) is 13.2 Å². The number of alkyl halides is 3. The van der Waals surface area contributed by atoms with E-state index in [1.807, 2.05) is 0 Å². The van der Waals surface area contributed by atoms with Gasteiger partial charge in [-0.25, -0.2) is 9.59 Å². The van der Waals surface area contributed by atoms with Crippen molar-refractivity contribution in [1.29, 1.82) is 0 Å². The molecule has 2 aliphatic rings. The minimum atomic E-state index is -4.50. The number of amides is 2. The number of hydrogen-bond donors (Lipinski definition) is 2. The number of carbonyl (C=O) groups excluding carboxylic acids is 3. The normalized spacial score (nSPS) is 14.5. The molecule has 0 saturated heterocycles. The summed E-state index contributed by atoms with van der Waals surface area (Å²) < 4.78 is 51.7. The summed E-state index contributed by atoms with van der Waals surface area (Å²) >= 11 is 0. The lowest BCUT2D eigenvalue weighted by atomic mass is 9.98. The maximum Gasteiger partial charge on any atom is 0.393 e. The molecular weight excluding hydrogens is 501 g/mol. The lowest BCUT2D eigenvalue weighted by molar-refractivity contribution is -0.142. The molecule has 0 aromatic carbocycles. The summed E-state index contributed by atoms with van der Waals surface area (Å²) in [5.74, 6) is -1.48. The first kappa shape index (κ1) is 27.2. The van der Waals surface area contributed by atoms with Crippen LogP contribution in [0.5, 0.6) is 0 Å². The Hall–Kier alpha value is -4.42. The van der Waals surface area contributed by atoms with E-state index >= 15 is 0 Å². The van der Waals surface area contributed by atoms with Crippen LogP contribution in [-0.2, 0) is 35.2 Å². The first-order chi connectivity index (χ1) is 17.3. The predicted molar refractivity (Wildman–Crippen MR) is 121 cm³/mol. The number of rotatable bonds is 4. The van der Waals surface area contributed by atoms with Crippen LogP contribution in [-0.4, -0.2) is 30.6 Å². The van der Waals surface area contributed by atoms with Crippen molar-refractivity contribution in [3.05, 3.63) is 91.3 Å². The molecule has 0 saturated carbocycles. The zero-order chi connectivity index (χ0) is 27.5. The van der Waals surface area contributed by atoms with E-state index < -0.39 is 41.6 Å². The van der Waals surface area contributed by atoms with Crippen LogP contribution in [0.25, 0.3) is 0 Å². The van der Waals surface area contributed by atoms with E-state index in [2.05, 4.69) is 23.8 Å². The third kappa shape index (κ3) is 6.84. The van der Waals surface area contributed by atoms with Crippen LogP contribution < -0.4 is 21.9 Å². The predicted octanol–water partition coefficient (Wildman–Crippen LogP) is 2.09. The molecule has 0 unspecified atom stereocenters. The van der Waals surface area contributed by atoms with Crippen molar-refractivity contribution in [2.45, 2.75) is 38.8 Å². The van der Waals surface area contributed by atoms with Crippen LogP contribution >= 0.6 is 0 Å². The summed E-state index contributed by atoms with van der Waals surface area (Å²) in [6.45, 7) is 9.03.